The molecule has 0 spiro atoms. The minimum atomic E-state index is -0.651. The molecule has 1 unspecified atom stereocenters. The van der Waals surface area contributed by atoms with Crippen molar-refractivity contribution < 1.29 is 14.3 Å². The van der Waals surface area contributed by atoms with Crippen molar-refractivity contribution in [3.05, 3.63) is 100 Å². The Morgan fingerprint density at radius 3 is 2.21 bits per heavy atom. The van der Waals surface area contributed by atoms with E-state index < -0.39 is 6.04 Å². The normalized spacial score (nSPS) is 14.5. The molecule has 4 rings (SSSR count). The molecule has 1 N–H and O–H groups in total. The first kappa shape index (κ1) is 27.9. The summed E-state index contributed by atoms with van der Waals surface area (Å²) in [6.45, 7) is 2.27. The van der Waals surface area contributed by atoms with E-state index >= 15 is 0 Å². The molecule has 0 heterocycles. The average Bonchev–Trinajstić information content (AvgIpc) is 2.95. The zero-order valence-corrected chi connectivity index (χ0v) is 23.7. The van der Waals surface area contributed by atoms with E-state index in [0.29, 0.717) is 18.7 Å². The van der Waals surface area contributed by atoms with Crippen LogP contribution in [0.25, 0.3) is 0 Å². The largest absolute Gasteiger partial charge is 0.483 e. The zero-order valence-electron chi connectivity index (χ0n) is 22.1. The second-order valence-electron chi connectivity index (χ2n) is 9.96. The summed E-state index contributed by atoms with van der Waals surface area (Å²) in [5.41, 5.74) is 3.17. The van der Waals surface area contributed by atoms with Gasteiger partial charge in [-0.2, -0.15) is 0 Å². The van der Waals surface area contributed by atoms with Gasteiger partial charge in [0, 0.05) is 19.0 Å². The second-order valence-corrected chi connectivity index (χ2v) is 10.8. The maximum absolute atomic E-state index is 13.8. The Hall–Kier alpha value is -3.12. The van der Waals surface area contributed by atoms with Crippen molar-refractivity contribution in [3.63, 3.8) is 0 Å². The number of halogens is 1. The lowest BCUT2D eigenvalue weighted by Crippen LogP contribution is -2.53. The molecule has 1 fully saturated rings. The summed E-state index contributed by atoms with van der Waals surface area (Å²) in [5.74, 6) is 0.292. The van der Waals surface area contributed by atoms with Crippen LogP contribution in [0.4, 0.5) is 0 Å². The lowest BCUT2D eigenvalue weighted by Gasteiger charge is -2.33. The van der Waals surface area contributed by atoms with Gasteiger partial charge in [-0.15, -0.1) is 0 Å². The summed E-state index contributed by atoms with van der Waals surface area (Å²) in [4.78, 5) is 29.3. The number of hydrogen-bond acceptors (Lipinski definition) is 3. The Labute approximate surface area is 234 Å². The lowest BCUT2D eigenvalue weighted by molar-refractivity contribution is -0.143. The van der Waals surface area contributed by atoms with Crippen molar-refractivity contribution in [2.75, 3.05) is 6.61 Å². The van der Waals surface area contributed by atoms with Crippen LogP contribution in [0.2, 0.25) is 0 Å². The van der Waals surface area contributed by atoms with Gasteiger partial charge in [-0.05, 0) is 64.0 Å². The number of carbonyl (C=O) groups excluding carboxylic acids is 2. The number of amides is 2. The van der Waals surface area contributed by atoms with Gasteiger partial charge in [0.25, 0.3) is 5.91 Å². The van der Waals surface area contributed by atoms with Gasteiger partial charge in [-0.3, -0.25) is 9.59 Å². The van der Waals surface area contributed by atoms with Crippen LogP contribution in [-0.2, 0) is 29.0 Å². The first-order valence-corrected chi connectivity index (χ1v) is 14.4. The van der Waals surface area contributed by atoms with E-state index in [4.69, 9.17) is 4.74 Å². The van der Waals surface area contributed by atoms with Gasteiger partial charge in [0.1, 0.15) is 11.8 Å². The molecule has 2 amide bonds. The van der Waals surface area contributed by atoms with Gasteiger partial charge in [0.2, 0.25) is 5.91 Å². The number of benzene rings is 3. The van der Waals surface area contributed by atoms with Crippen LogP contribution in [0.3, 0.4) is 0 Å². The van der Waals surface area contributed by atoms with Gasteiger partial charge < -0.3 is 15.0 Å². The molecule has 200 valence electrons. The first-order chi connectivity index (χ1) is 18.5. The lowest BCUT2D eigenvalue weighted by atomic mass is 9.94. The second kappa shape index (κ2) is 14.1. The van der Waals surface area contributed by atoms with Gasteiger partial charge in [-0.25, -0.2) is 0 Å². The van der Waals surface area contributed by atoms with Crippen LogP contribution in [0.1, 0.15) is 55.7 Å². The molecule has 1 aliphatic rings. The molecule has 1 aliphatic carbocycles. The van der Waals surface area contributed by atoms with Gasteiger partial charge >= 0.3 is 0 Å². The molecule has 0 radical (unpaired) electrons. The van der Waals surface area contributed by atoms with Crippen molar-refractivity contribution >= 4 is 27.7 Å². The molecule has 1 atom stereocenters. The number of ether oxygens (including phenoxy) is 1. The van der Waals surface area contributed by atoms with Crippen molar-refractivity contribution in [1.29, 1.82) is 0 Å². The molecule has 6 heteroatoms. The third-order valence-corrected chi connectivity index (χ3v) is 7.79. The van der Waals surface area contributed by atoms with Crippen molar-refractivity contribution in [3.8, 4) is 5.75 Å². The highest BCUT2D eigenvalue weighted by molar-refractivity contribution is 9.10. The summed E-state index contributed by atoms with van der Waals surface area (Å²) >= 11 is 3.57. The molecule has 5 nitrogen and oxygen atoms in total. The van der Waals surface area contributed by atoms with Gasteiger partial charge in [0.05, 0.1) is 4.47 Å². The highest BCUT2D eigenvalue weighted by Crippen LogP contribution is 2.27. The predicted molar refractivity (Wildman–Crippen MR) is 155 cm³/mol. The van der Waals surface area contributed by atoms with Crippen LogP contribution in [0.15, 0.2) is 83.3 Å². The third-order valence-electron chi connectivity index (χ3n) is 7.17. The van der Waals surface area contributed by atoms with E-state index in [-0.39, 0.29) is 24.5 Å². The number of hydrogen-bond donors (Lipinski definition) is 1. The van der Waals surface area contributed by atoms with Crippen LogP contribution in [0.5, 0.6) is 5.75 Å². The molecule has 3 aromatic carbocycles. The minimum Gasteiger partial charge on any atom is -0.483 e. The fourth-order valence-corrected chi connectivity index (χ4v) is 5.52. The Kier molecular flexibility index (Phi) is 10.4. The molecule has 38 heavy (non-hydrogen) atoms. The predicted octanol–water partition coefficient (Wildman–Crippen LogP) is 6.48. The average molecular weight is 578 g/mol. The summed E-state index contributed by atoms with van der Waals surface area (Å²) in [6.07, 6.45) is 6.79. The van der Waals surface area contributed by atoms with Crippen LogP contribution < -0.4 is 10.1 Å². The monoisotopic (exact) mass is 576 g/mol. The van der Waals surface area contributed by atoms with Crippen molar-refractivity contribution in [2.24, 2.45) is 0 Å². The Morgan fingerprint density at radius 1 is 0.921 bits per heavy atom. The molecule has 0 aromatic heterocycles. The van der Waals surface area contributed by atoms with E-state index in [2.05, 4.69) is 28.2 Å². The van der Waals surface area contributed by atoms with Crippen LogP contribution in [-0.4, -0.2) is 35.4 Å². The summed E-state index contributed by atoms with van der Waals surface area (Å²) < 4.78 is 6.79. The van der Waals surface area contributed by atoms with Crippen molar-refractivity contribution in [1.82, 2.24) is 10.2 Å². The Bertz CT molecular complexity index is 1180. The maximum atomic E-state index is 13.8. The fourth-order valence-electron chi connectivity index (χ4n) is 4.98. The molecule has 0 saturated heterocycles. The van der Waals surface area contributed by atoms with E-state index in [1.165, 1.54) is 12.0 Å². The Balaban J connectivity index is 1.59. The molecular formula is C32H37BrN2O3. The standard InChI is InChI=1S/C32H37BrN2O3/c1-2-24-18-19-30(28(33)20-24)38-23-31(36)35(22-26-14-8-4-9-15-26)29(21-25-12-6-3-7-13-25)32(37)34-27-16-10-5-11-17-27/h3-4,6-9,12-15,18-20,27,29H,2,5,10-11,16-17,21-23H2,1H3,(H,34,37). The molecular weight excluding hydrogens is 540 g/mol. The fraction of sp³-hybridized carbons (Fsp3) is 0.375. The van der Waals surface area contributed by atoms with E-state index in [0.717, 1.165) is 47.7 Å². The van der Waals surface area contributed by atoms with E-state index in [1.807, 2.05) is 78.9 Å². The van der Waals surface area contributed by atoms with Crippen LogP contribution >= 0.6 is 15.9 Å². The number of nitrogens with zero attached hydrogens (tertiary/aromatic N) is 1. The molecule has 1 saturated carbocycles. The summed E-state index contributed by atoms with van der Waals surface area (Å²) in [5, 5.41) is 3.27. The number of nitrogens with one attached hydrogen (secondary N) is 1. The summed E-state index contributed by atoms with van der Waals surface area (Å²) in [7, 11) is 0. The quantitative estimate of drug-likeness (QED) is 0.284. The smallest absolute Gasteiger partial charge is 0.261 e. The highest BCUT2D eigenvalue weighted by Gasteiger charge is 2.32. The number of carbonyl (C=O) groups is 2. The van der Waals surface area contributed by atoms with E-state index in [1.54, 1.807) is 4.90 Å². The number of aryl methyl sites for hydroxylation is 1. The Morgan fingerprint density at radius 2 is 1.58 bits per heavy atom. The summed E-state index contributed by atoms with van der Waals surface area (Å²) in [6, 6.07) is 25.2. The zero-order chi connectivity index (χ0) is 26.7. The highest BCUT2D eigenvalue weighted by atomic mass is 79.9. The molecule has 0 bridgehead atoms. The maximum Gasteiger partial charge on any atom is 0.261 e. The third kappa shape index (κ3) is 7.94. The topological polar surface area (TPSA) is 58.6 Å². The van der Waals surface area contributed by atoms with Gasteiger partial charge in [-0.1, -0.05) is 92.9 Å². The van der Waals surface area contributed by atoms with E-state index in [9.17, 15) is 9.59 Å². The molecule has 3 aromatic rings. The van der Waals surface area contributed by atoms with Crippen LogP contribution in [0, 0.1) is 0 Å². The first-order valence-electron chi connectivity index (χ1n) is 13.6. The van der Waals surface area contributed by atoms with Crippen molar-refractivity contribution in [2.45, 2.75) is 70.5 Å². The molecule has 0 aliphatic heterocycles. The van der Waals surface area contributed by atoms with Gasteiger partial charge in [0.15, 0.2) is 6.61 Å². The minimum absolute atomic E-state index is 0.0986. The number of rotatable bonds is 11. The SMILES string of the molecule is CCc1ccc(OCC(=O)N(Cc2ccccc2)C(Cc2ccccc2)C(=O)NC2CCCCC2)c(Br)c1.